The molecule has 1 aliphatic heterocycles. The maximum atomic E-state index is 13.1. The first-order valence-corrected chi connectivity index (χ1v) is 11.8. The van der Waals surface area contributed by atoms with Gasteiger partial charge in [-0.2, -0.15) is 0 Å². The van der Waals surface area contributed by atoms with Crippen LogP contribution in [0, 0.1) is 6.92 Å². The van der Waals surface area contributed by atoms with Gasteiger partial charge < -0.3 is 5.32 Å². The van der Waals surface area contributed by atoms with E-state index < -0.39 is 17.1 Å². The summed E-state index contributed by atoms with van der Waals surface area (Å²) < 4.78 is 0. The largest absolute Gasteiger partial charge is 0.324 e. The number of carbonyl (C=O) groups excluding carboxylic acids is 3. The van der Waals surface area contributed by atoms with Gasteiger partial charge in [-0.05, 0) is 75.6 Å². The van der Waals surface area contributed by atoms with E-state index in [1.807, 2.05) is 55.5 Å². The van der Waals surface area contributed by atoms with Crippen LogP contribution in [0.2, 0.25) is 5.02 Å². The van der Waals surface area contributed by atoms with E-state index in [1.165, 1.54) is 0 Å². The van der Waals surface area contributed by atoms with Crippen LogP contribution in [0.1, 0.15) is 11.1 Å². The number of aryl methyl sites for hydroxylation is 1. The van der Waals surface area contributed by atoms with Gasteiger partial charge in [0, 0.05) is 10.7 Å². The van der Waals surface area contributed by atoms with Gasteiger partial charge in [0.25, 0.3) is 11.1 Å². The number of imide groups is 1. The summed E-state index contributed by atoms with van der Waals surface area (Å²) in [5, 5.41) is 6.81. The number of hydrogen-bond donors (Lipinski definition) is 1. The lowest BCUT2D eigenvalue weighted by atomic mass is 9.96. The summed E-state index contributed by atoms with van der Waals surface area (Å²) >= 11 is 6.96. The lowest BCUT2D eigenvalue weighted by Gasteiger charge is -2.13. The van der Waals surface area contributed by atoms with Crippen LogP contribution in [0.5, 0.6) is 0 Å². The lowest BCUT2D eigenvalue weighted by molar-refractivity contribution is -0.127. The van der Waals surface area contributed by atoms with Crippen molar-refractivity contribution in [3.05, 3.63) is 93.9 Å². The molecule has 0 bridgehead atoms. The summed E-state index contributed by atoms with van der Waals surface area (Å²) in [6.45, 7) is 1.49. The highest BCUT2D eigenvalue weighted by Crippen LogP contribution is 2.36. The van der Waals surface area contributed by atoms with Crippen molar-refractivity contribution in [2.45, 2.75) is 6.92 Å². The first-order chi connectivity index (χ1) is 16.4. The average molecular weight is 487 g/mol. The Kier molecular flexibility index (Phi) is 5.86. The Hall–Kier alpha value is -3.61. The predicted molar refractivity (Wildman–Crippen MR) is 139 cm³/mol. The number of amides is 3. The number of benzene rings is 4. The maximum Gasteiger partial charge on any atom is 0.294 e. The van der Waals surface area contributed by atoms with E-state index in [2.05, 4.69) is 11.4 Å². The molecule has 4 aromatic carbocycles. The van der Waals surface area contributed by atoms with E-state index in [0.29, 0.717) is 10.7 Å². The Labute approximate surface area is 205 Å². The van der Waals surface area contributed by atoms with E-state index in [1.54, 1.807) is 24.3 Å². The van der Waals surface area contributed by atoms with Crippen LogP contribution in [0.4, 0.5) is 10.5 Å². The number of nitrogens with zero attached hydrogens (tertiary/aromatic N) is 1. The fourth-order valence-corrected chi connectivity index (χ4v) is 4.99. The summed E-state index contributed by atoms with van der Waals surface area (Å²) in [6, 6.07) is 23.1. The monoisotopic (exact) mass is 486 g/mol. The lowest BCUT2D eigenvalue weighted by Crippen LogP contribution is -2.36. The molecule has 0 aromatic heterocycles. The number of anilines is 1. The Morgan fingerprint density at radius 3 is 2.26 bits per heavy atom. The summed E-state index contributed by atoms with van der Waals surface area (Å²) in [4.78, 5) is 39.5. The normalized spacial score (nSPS) is 15.0. The molecule has 168 valence electrons. The van der Waals surface area contributed by atoms with Crippen molar-refractivity contribution in [2.75, 3.05) is 11.9 Å². The summed E-state index contributed by atoms with van der Waals surface area (Å²) in [5.74, 6) is -0.955. The van der Waals surface area contributed by atoms with Crippen molar-refractivity contribution in [1.29, 1.82) is 0 Å². The SMILES string of the molecule is Cc1ccc(NC(=O)CN2C(=O)S/C(=C/c3c4ccccc4cc4ccccc34)C2=O)cc1Cl. The molecule has 1 heterocycles. The van der Waals surface area contributed by atoms with Crippen molar-refractivity contribution in [1.82, 2.24) is 4.90 Å². The highest BCUT2D eigenvalue weighted by atomic mass is 35.5. The van der Waals surface area contributed by atoms with Gasteiger partial charge in [0.2, 0.25) is 5.91 Å². The van der Waals surface area contributed by atoms with Gasteiger partial charge in [-0.15, -0.1) is 0 Å². The highest BCUT2D eigenvalue weighted by Gasteiger charge is 2.36. The second-order valence-electron chi connectivity index (χ2n) is 8.01. The Morgan fingerprint density at radius 2 is 1.62 bits per heavy atom. The van der Waals surface area contributed by atoms with Crippen molar-refractivity contribution >= 4 is 73.7 Å². The number of thioether (sulfide) groups is 1. The van der Waals surface area contributed by atoms with Crippen molar-refractivity contribution in [3.63, 3.8) is 0 Å². The molecule has 0 atom stereocenters. The van der Waals surface area contributed by atoms with E-state index in [4.69, 9.17) is 11.6 Å². The topological polar surface area (TPSA) is 66.5 Å². The molecule has 3 amide bonds. The van der Waals surface area contributed by atoms with Gasteiger partial charge in [0.05, 0.1) is 4.91 Å². The highest BCUT2D eigenvalue weighted by molar-refractivity contribution is 8.18. The molecule has 0 radical (unpaired) electrons. The molecular weight excluding hydrogens is 468 g/mol. The number of fused-ring (bicyclic) bond motifs is 2. The molecule has 1 N–H and O–H groups in total. The van der Waals surface area contributed by atoms with Crippen molar-refractivity contribution < 1.29 is 14.4 Å². The Balaban J connectivity index is 1.44. The summed E-state index contributed by atoms with van der Waals surface area (Å²) in [7, 11) is 0. The molecule has 0 aliphatic carbocycles. The molecule has 1 aliphatic rings. The summed E-state index contributed by atoms with van der Waals surface area (Å²) in [5.41, 5.74) is 2.26. The van der Waals surface area contributed by atoms with E-state index >= 15 is 0 Å². The van der Waals surface area contributed by atoms with Crippen molar-refractivity contribution in [2.24, 2.45) is 0 Å². The van der Waals surface area contributed by atoms with Gasteiger partial charge >= 0.3 is 0 Å². The Bertz CT molecular complexity index is 1480. The fraction of sp³-hybridized carbons (Fsp3) is 0.0741. The Morgan fingerprint density at radius 1 is 0.971 bits per heavy atom. The van der Waals surface area contributed by atoms with E-state index in [9.17, 15) is 14.4 Å². The number of carbonyl (C=O) groups is 3. The predicted octanol–water partition coefficient (Wildman–Crippen LogP) is 6.63. The second kappa shape index (κ2) is 8.97. The van der Waals surface area contributed by atoms with Gasteiger partial charge in [0.1, 0.15) is 6.54 Å². The average Bonchev–Trinajstić information content (AvgIpc) is 3.08. The van der Waals surface area contributed by atoms with Gasteiger partial charge in [-0.25, -0.2) is 0 Å². The van der Waals surface area contributed by atoms with Gasteiger partial charge in [-0.3, -0.25) is 19.3 Å². The zero-order chi connectivity index (χ0) is 23.8. The molecule has 0 saturated carbocycles. The minimum absolute atomic E-state index is 0.290. The molecule has 4 aromatic rings. The van der Waals surface area contributed by atoms with Crippen LogP contribution in [0.3, 0.4) is 0 Å². The quantitative estimate of drug-likeness (QED) is 0.259. The third kappa shape index (κ3) is 4.18. The third-order valence-corrected chi connectivity index (χ3v) is 7.03. The molecule has 0 spiro atoms. The van der Waals surface area contributed by atoms with Crippen molar-refractivity contribution in [3.8, 4) is 0 Å². The zero-order valence-corrected chi connectivity index (χ0v) is 19.7. The number of rotatable bonds is 4. The molecule has 1 fully saturated rings. The molecule has 0 unspecified atom stereocenters. The maximum absolute atomic E-state index is 13.1. The third-order valence-electron chi connectivity index (χ3n) is 5.72. The molecule has 7 heteroatoms. The van der Waals surface area contributed by atoms with E-state index in [0.717, 1.165) is 49.3 Å². The first-order valence-electron chi connectivity index (χ1n) is 10.6. The zero-order valence-electron chi connectivity index (χ0n) is 18.2. The molecule has 1 saturated heterocycles. The van der Waals surface area contributed by atoms with Crippen LogP contribution in [-0.2, 0) is 9.59 Å². The number of hydrogen-bond acceptors (Lipinski definition) is 4. The number of halogens is 1. The second-order valence-corrected chi connectivity index (χ2v) is 9.41. The van der Waals surface area contributed by atoms with Crippen LogP contribution >= 0.6 is 23.4 Å². The number of nitrogens with one attached hydrogen (secondary N) is 1. The molecular formula is C27H19ClN2O3S. The van der Waals surface area contributed by atoms with Crippen LogP contribution in [-0.4, -0.2) is 28.5 Å². The fourth-order valence-electron chi connectivity index (χ4n) is 3.99. The smallest absolute Gasteiger partial charge is 0.294 e. The van der Waals surface area contributed by atoms with Crippen LogP contribution in [0.15, 0.2) is 77.7 Å². The first kappa shape index (κ1) is 22.2. The summed E-state index contributed by atoms with van der Waals surface area (Å²) in [6.07, 6.45) is 1.76. The molecule has 5 nitrogen and oxygen atoms in total. The molecule has 34 heavy (non-hydrogen) atoms. The van der Waals surface area contributed by atoms with Gasteiger partial charge in [0.15, 0.2) is 0 Å². The minimum Gasteiger partial charge on any atom is -0.324 e. The van der Waals surface area contributed by atoms with E-state index in [-0.39, 0.29) is 11.4 Å². The van der Waals surface area contributed by atoms with Crippen LogP contribution in [0.25, 0.3) is 27.6 Å². The minimum atomic E-state index is -0.482. The van der Waals surface area contributed by atoms with Crippen LogP contribution < -0.4 is 5.32 Å². The standard InChI is InChI=1S/C27H19ClN2O3S/c1-16-10-11-19(13-23(16)28)29-25(31)15-30-26(32)24(34-27(30)33)14-22-20-8-4-2-6-17(20)12-18-7-3-5-9-21(18)22/h2-14H,15H2,1H3,(H,29,31)/b24-14+. The molecule has 5 rings (SSSR count). The van der Waals surface area contributed by atoms with Gasteiger partial charge in [-0.1, -0.05) is 66.2 Å².